The normalized spacial score (nSPS) is 35.7. The highest BCUT2D eigenvalue weighted by Gasteiger charge is 2.69. The number of aliphatic hydroxyl groups is 1. The van der Waals surface area contributed by atoms with Gasteiger partial charge in [-0.25, -0.2) is 0 Å². The Morgan fingerprint density at radius 1 is 1.05 bits per heavy atom. The highest BCUT2D eigenvalue weighted by molar-refractivity contribution is 5.83. The number of hydrogen-bond donors (Lipinski definition) is 2. The third-order valence-corrected chi connectivity index (χ3v) is 11.6. The molecule has 0 saturated heterocycles. The van der Waals surface area contributed by atoms with Gasteiger partial charge in [0, 0.05) is 18.3 Å². The number of carbonyl (C=O) groups excluding carboxylic acids is 1. The van der Waals surface area contributed by atoms with Crippen LogP contribution in [0.2, 0.25) is 0 Å². The Hall–Kier alpha value is -1.39. The summed E-state index contributed by atoms with van der Waals surface area (Å²) in [6.07, 6.45) is 16.9. The van der Waals surface area contributed by atoms with Crippen LogP contribution in [0.4, 0.5) is 0 Å². The molecule has 2 N–H and O–H groups in total. The fourth-order valence-corrected chi connectivity index (χ4v) is 9.71. The second-order valence-corrected chi connectivity index (χ2v) is 13.9. The van der Waals surface area contributed by atoms with Crippen molar-refractivity contribution in [2.24, 2.45) is 29.1 Å². The fraction of sp³-hybridized carbons (Fsp3) is 0.794. The summed E-state index contributed by atoms with van der Waals surface area (Å²) in [6, 6.07) is 6.10. The molecule has 3 saturated carbocycles. The Balaban J connectivity index is 1.24. The van der Waals surface area contributed by atoms with E-state index in [2.05, 4.69) is 31.9 Å². The molecule has 0 bridgehead atoms. The minimum atomic E-state index is -0.799. The smallest absolute Gasteiger partial charge is 0.136 e. The molecule has 4 aliphatic carbocycles. The average Bonchev–Trinajstić information content (AvgIpc) is 3.29. The van der Waals surface area contributed by atoms with Gasteiger partial charge in [0.2, 0.25) is 0 Å². The zero-order valence-electron chi connectivity index (χ0n) is 24.4. The van der Waals surface area contributed by atoms with Crippen LogP contribution in [0.3, 0.4) is 0 Å². The molecular weight excluding hydrogens is 470 g/mol. The van der Waals surface area contributed by atoms with Crippen LogP contribution >= 0.6 is 0 Å². The summed E-state index contributed by atoms with van der Waals surface area (Å²) in [7, 11) is 2.28. The molecule has 0 radical (unpaired) electrons. The van der Waals surface area contributed by atoms with E-state index in [-0.39, 0.29) is 17.1 Å². The van der Waals surface area contributed by atoms with Crippen molar-refractivity contribution in [3.05, 3.63) is 29.3 Å². The number of hydrogen-bond acceptors (Lipinski definition) is 4. The van der Waals surface area contributed by atoms with Gasteiger partial charge >= 0.3 is 0 Å². The zero-order valence-corrected chi connectivity index (χ0v) is 24.4. The van der Waals surface area contributed by atoms with Crippen LogP contribution in [0.15, 0.2) is 18.2 Å². The lowest BCUT2D eigenvalue weighted by Crippen LogP contribution is -2.54. The van der Waals surface area contributed by atoms with Crippen molar-refractivity contribution in [3.63, 3.8) is 0 Å². The molecule has 5 rings (SSSR count). The second-order valence-electron chi connectivity index (χ2n) is 13.9. The van der Waals surface area contributed by atoms with E-state index in [9.17, 15) is 15.0 Å². The van der Waals surface area contributed by atoms with Gasteiger partial charge in [0.1, 0.15) is 11.5 Å². The molecule has 0 aliphatic heterocycles. The minimum absolute atomic E-state index is 0.151. The van der Waals surface area contributed by atoms with Crippen LogP contribution in [0.5, 0.6) is 5.75 Å². The molecule has 3 unspecified atom stereocenters. The molecule has 0 spiro atoms. The first-order valence-corrected chi connectivity index (χ1v) is 16.0. The number of unbranched alkanes of at least 4 members (excludes halogenated alkanes) is 6. The lowest BCUT2D eigenvalue weighted by molar-refractivity contribution is -0.135. The van der Waals surface area contributed by atoms with Gasteiger partial charge in [-0.15, -0.1) is 0 Å². The third-order valence-electron chi connectivity index (χ3n) is 11.6. The number of ketones is 1. The number of aryl methyl sites for hydroxylation is 1. The Morgan fingerprint density at radius 3 is 2.55 bits per heavy atom. The van der Waals surface area contributed by atoms with Crippen molar-refractivity contribution in [1.82, 2.24) is 4.90 Å². The molecule has 0 heterocycles. The van der Waals surface area contributed by atoms with Crippen LogP contribution < -0.4 is 0 Å². The number of fused-ring (bicyclic) bond motifs is 7. The Bertz CT molecular complexity index is 976. The van der Waals surface area contributed by atoms with Crippen LogP contribution in [0.25, 0.3) is 0 Å². The van der Waals surface area contributed by atoms with Crippen LogP contribution in [0, 0.1) is 29.1 Å². The van der Waals surface area contributed by atoms with Gasteiger partial charge < -0.3 is 15.1 Å². The summed E-state index contributed by atoms with van der Waals surface area (Å²) in [6.45, 7) is 7.04. The molecule has 1 aromatic carbocycles. The maximum Gasteiger partial charge on any atom is 0.136 e. The maximum atomic E-state index is 12.5. The topological polar surface area (TPSA) is 60.8 Å². The van der Waals surface area contributed by atoms with Crippen molar-refractivity contribution >= 4 is 5.78 Å². The zero-order chi connectivity index (χ0) is 26.9. The molecule has 4 aliphatic rings. The Labute approximate surface area is 231 Å². The van der Waals surface area contributed by atoms with Gasteiger partial charge in [-0.2, -0.15) is 0 Å². The average molecular weight is 524 g/mol. The van der Waals surface area contributed by atoms with Crippen LogP contribution in [-0.4, -0.2) is 46.6 Å². The van der Waals surface area contributed by atoms with Crippen molar-refractivity contribution in [2.75, 3.05) is 20.1 Å². The molecule has 4 nitrogen and oxygen atoms in total. The van der Waals surface area contributed by atoms with Crippen LogP contribution in [-0.2, 0) is 11.2 Å². The summed E-state index contributed by atoms with van der Waals surface area (Å²) in [5.41, 5.74) is 1.86. The number of phenols is 1. The van der Waals surface area contributed by atoms with E-state index in [0.29, 0.717) is 42.3 Å². The minimum Gasteiger partial charge on any atom is -0.508 e. The summed E-state index contributed by atoms with van der Waals surface area (Å²) in [4.78, 5) is 15.0. The molecule has 4 heteroatoms. The predicted molar refractivity (Wildman–Crippen MR) is 154 cm³/mol. The van der Waals surface area contributed by atoms with Crippen LogP contribution in [0.1, 0.15) is 121 Å². The number of nitrogens with zero attached hydrogens (tertiary/aromatic N) is 1. The molecule has 0 amide bonds. The maximum absolute atomic E-state index is 12.5. The van der Waals surface area contributed by atoms with Gasteiger partial charge in [-0.3, -0.25) is 4.79 Å². The van der Waals surface area contributed by atoms with Gasteiger partial charge in [0.05, 0.1) is 5.60 Å². The van der Waals surface area contributed by atoms with Crippen molar-refractivity contribution in [3.8, 4) is 5.75 Å². The van der Waals surface area contributed by atoms with Gasteiger partial charge in [-0.05, 0) is 118 Å². The Kier molecular flexibility index (Phi) is 8.60. The van der Waals surface area contributed by atoms with Crippen molar-refractivity contribution in [1.29, 1.82) is 0 Å². The first kappa shape index (κ1) is 28.1. The van der Waals surface area contributed by atoms with Gasteiger partial charge in [0.25, 0.3) is 0 Å². The van der Waals surface area contributed by atoms with Crippen molar-refractivity contribution in [2.45, 2.75) is 122 Å². The molecule has 212 valence electrons. The standard InChI is InChI=1S/C34H53NO3/c1-4-5-6-7-10-17-35(3)18-11-8-9-12-25-22-33(2)31(21-26-20-28(37)23-34(26,33)38)30-15-13-24-19-27(36)14-16-29(24)32(25)30/h14,16,19,25-26,30-32,36,38H,4-13,15,17-18,20-23H2,1-3H3/t25-,26+,30?,31?,32?,33-,34-/m0/s1. The monoisotopic (exact) mass is 523 g/mol. The lowest BCUT2D eigenvalue weighted by atomic mass is 9.49. The molecule has 7 atom stereocenters. The summed E-state index contributed by atoms with van der Waals surface area (Å²) < 4.78 is 0. The molecule has 1 aromatic rings. The SMILES string of the molecule is CCCCCCCN(C)CCCCC[C@H]1C[C@@]2(C)C(C[C@H]3CC(=O)C[C@]32O)C2CCc3cc(O)ccc3C21. The number of benzene rings is 1. The first-order chi connectivity index (χ1) is 18.3. The van der Waals surface area contributed by atoms with E-state index < -0.39 is 5.60 Å². The molecular formula is C34H53NO3. The van der Waals surface area contributed by atoms with E-state index >= 15 is 0 Å². The Morgan fingerprint density at radius 2 is 1.79 bits per heavy atom. The summed E-state index contributed by atoms with van der Waals surface area (Å²) in [5.74, 6) is 2.97. The highest BCUT2D eigenvalue weighted by atomic mass is 16.3. The lowest BCUT2D eigenvalue weighted by Gasteiger charge is -2.56. The summed E-state index contributed by atoms with van der Waals surface area (Å²) in [5, 5.41) is 22.2. The molecule has 3 fully saturated rings. The van der Waals surface area contributed by atoms with Gasteiger partial charge in [0.15, 0.2) is 0 Å². The van der Waals surface area contributed by atoms with E-state index in [1.54, 1.807) is 0 Å². The quantitative estimate of drug-likeness (QED) is 0.283. The van der Waals surface area contributed by atoms with E-state index in [4.69, 9.17) is 0 Å². The number of Topliss-reactive ketones (excluding diaryl/α,β-unsaturated/α-hetero) is 1. The number of rotatable bonds is 12. The number of aromatic hydroxyl groups is 1. The number of carbonyl (C=O) groups is 1. The summed E-state index contributed by atoms with van der Waals surface area (Å²) >= 11 is 0. The number of phenolic OH excluding ortho intramolecular Hbond substituents is 1. The largest absolute Gasteiger partial charge is 0.508 e. The van der Waals surface area contributed by atoms with E-state index in [0.717, 1.165) is 25.7 Å². The fourth-order valence-electron chi connectivity index (χ4n) is 9.71. The first-order valence-electron chi connectivity index (χ1n) is 16.0. The second kappa shape index (κ2) is 11.6. The molecule has 38 heavy (non-hydrogen) atoms. The highest BCUT2D eigenvalue weighted by Crippen LogP contribution is 2.70. The van der Waals surface area contributed by atoms with E-state index in [1.807, 2.05) is 12.1 Å². The predicted octanol–water partition coefficient (Wildman–Crippen LogP) is 7.26. The van der Waals surface area contributed by atoms with Crippen molar-refractivity contribution < 1.29 is 15.0 Å². The molecule has 0 aromatic heterocycles. The van der Waals surface area contributed by atoms with E-state index in [1.165, 1.54) is 82.0 Å². The third kappa shape index (κ3) is 5.21. The van der Waals surface area contributed by atoms with Gasteiger partial charge in [-0.1, -0.05) is 58.4 Å².